The molecule has 0 amide bonds. The Morgan fingerprint density at radius 2 is 2.25 bits per heavy atom. The number of rotatable bonds is 7. The van der Waals surface area contributed by atoms with Crippen molar-refractivity contribution in [2.75, 3.05) is 23.7 Å². The highest BCUT2D eigenvalue weighted by molar-refractivity contribution is 5.81. The molecule has 2 aliphatic rings. The second-order valence-corrected chi connectivity index (χ2v) is 7.35. The van der Waals surface area contributed by atoms with Gasteiger partial charge in [0.2, 0.25) is 0 Å². The highest BCUT2D eigenvalue weighted by atomic mass is 16.2. The molecule has 2 aliphatic heterocycles. The molecule has 28 heavy (non-hydrogen) atoms. The summed E-state index contributed by atoms with van der Waals surface area (Å²) in [5, 5.41) is 9.86. The van der Waals surface area contributed by atoms with Gasteiger partial charge < -0.3 is 16.4 Å². The van der Waals surface area contributed by atoms with E-state index in [-0.39, 0.29) is 17.9 Å². The number of nitrogens with zero attached hydrogens (tertiary/aromatic N) is 2. The van der Waals surface area contributed by atoms with Crippen LogP contribution in [0, 0.1) is 0 Å². The Hall–Kier alpha value is -3.09. The summed E-state index contributed by atoms with van der Waals surface area (Å²) in [6.07, 6.45) is 4.27. The van der Waals surface area contributed by atoms with Crippen molar-refractivity contribution in [3.05, 3.63) is 59.8 Å². The summed E-state index contributed by atoms with van der Waals surface area (Å²) in [5.74, 6) is 1.53. The van der Waals surface area contributed by atoms with Crippen molar-refractivity contribution < 1.29 is 9.36 Å². The molecule has 146 valence electrons. The van der Waals surface area contributed by atoms with Gasteiger partial charge in [0.15, 0.2) is 6.04 Å². The Morgan fingerprint density at radius 3 is 3.04 bits per heavy atom. The third-order valence-corrected chi connectivity index (χ3v) is 5.43. The van der Waals surface area contributed by atoms with E-state index in [1.54, 1.807) is 4.57 Å². The monoisotopic (exact) mass is 379 g/mol. The van der Waals surface area contributed by atoms with Gasteiger partial charge in [0, 0.05) is 24.7 Å². The van der Waals surface area contributed by atoms with Crippen LogP contribution in [0.2, 0.25) is 0 Å². The maximum absolute atomic E-state index is 12.8. The van der Waals surface area contributed by atoms with Crippen LogP contribution in [0.1, 0.15) is 47.4 Å². The average Bonchev–Trinajstić information content (AvgIpc) is 3.26. The zero-order valence-electron chi connectivity index (χ0n) is 16.2. The number of hydrogen-bond donors (Lipinski definition) is 4. The van der Waals surface area contributed by atoms with Gasteiger partial charge in [0.25, 0.3) is 0 Å². The fraction of sp³-hybridized carbons (Fsp3) is 0.381. The predicted molar refractivity (Wildman–Crippen MR) is 109 cm³/mol. The van der Waals surface area contributed by atoms with E-state index < -0.39 is 0 Å². The normalized spacial score (nSPS) is 19.5. The fourth-order valence-electron chi connectivity index (χ4n) is 3.97. The number of aromatic nitrogens is 2. The van der Waals surface area contributed by atoms with E-state index >= 15 is 0 Å². The Balaban J connectivity index is 1.67. The topological polar surface area (TPSA) is 95.9 Å². The van der Waals surface area contributed by atoms with Crippen molar-refractivity contribution in [3.8, 4) is 0 Å². The van der Waals surface area contributed by atoms with Crippen LogP contribution in [0.25, 0.3) is 0 Å². The van der Waals surface area contributed by atoms with Crippen molar-refractivity contribution in [1.29, 1.82) is 0 Å². The first-order valence-electron chi connectivity index (χ1n) is 9.85. The van der Waals surface area contributed by atoms with E-state index in [1.165, 1.54) is 5.56 Å². The summed E-state index contributed by atoms with van der Waals surface area (Å²) in [5.41, 5.74) is 9.81. The smallest absolute Gasteiger partial charge is 0.359 e. The molecular formula is C21H27N6O+. The minimum Gasteiger partial charge on any atom is -0.386 e. The van der Waals surface area contributed by atoms with E-state index in [0.717, 1.165) is 55.2 Å². The molecule has 0 saturated carbocycles. The van der Waals surface area contributed by atoms with Crippen molar-refractivity contribution in [1.82, 2.24) is 10.3 Å². The van der Waals surface area contributed by atoms with Crippen molar-refractivity contribution >= 4 is 17.4 Å². The Morgan fingerprint density at radius 1 is 1.43 bits per heavy atom. The third kappa shape index (κ3) is 3.28. The standard InChI is InChI=1S/C21H26N6O/c1-3-16-21(28)27-12-19(15-11-24-17-8-5-4-7-14(15)17)25-18(20(27)26-16)9-6-10-23-13(2)22/h4-5,7-8,12,15-16,23-24H,2-3,6,9-11,22H2,1H3/p+1. The van der Waals surface area contributed by atoms with E-state index in [1.807, 2.05) is 25.3 Å². The van der Waals surface area contributed by atoms with Gasteiger partial charge in [-0.05, 0) is 30.9 Å². The van der Waals surface area contributed by atoms with Crippen LogP contribution in [0.5, 0.6) is 0 Å². The van der Waals surface area contributed by atoms with Crippen LogP contribution in [0.4, 0.5) is 11.5 Å². The summed E-state index contributed by atoms with van der Waals surface area (Å²) >= 11 is 0. The van der Waals surface area contributed by atoms with Gasteiger partial charge in [0.05, 0.1) is 11.5 Å². The van der Waals surface area contributed by atoms with E-state index in [2.05, 4.69) is 34.7 Å². The molecule has 5 N–H and O–H groups in total. The maximum Gasteiger partial charge on any atom is 0.359 e. The first-order chi connectivity index (χ1) is 13.6. The number of fused-ring (bicyclic) bond motifs is 2. The molecule has 2 atom stereocenters. The quantitative estimate of drug-likeness (QED) is 0.432. The Kier molecular flexibility index (Phi) is 4.90. The lowest BCUT2D eigenvalue weighted by molar-refractivity contribution is -0.554. The van der Waals surface area contributed by atoms with Crippen LogP contribution in [0.3, 0.4) is 0 Å². The summed E-state index contributed by atoms with van der Waals surface area (Å²) in [4.78, 5) is 17.8. The zero-order valence-corrected chi connectivity index (χ0v) is 16.2. The first kappa shape index (κ1) is 18.3. The number of nitrogens with one attached hydrogen (secondary N) is 3. The molecule has 1 aromatic carbocycles. The zero-order chi connectivity index (χ0) is 19.7. The summed E-state index contributed by atoms with van der Waals surface area (Å²) < 4.78 is 1.77. The molecule has 4 rings (SSSR count). The third-order valence-electron chi connectivity index (χ3n) is 5.43. The lowest BCUT2D eigenvalue weighted by Crippen LogP contribution is -2.43. The number of carbonyl (C=O) groups excluding carboxylic acids is 1. The maximum atomic E-state index is 12.8. The van der Waals surface area contributed by atoms with Gasteiger partial charge in [-0.15, -0.1) is 0 Å². The predicted octanol–water partition coefficient (Wildman–Crippen LogP) is 1.72. The molecule has 0 radical (unpaired) electrons. The van der Waals surface area contributed by atoms with Crippen LogP contribution in [-0.2, 0) is 6.42 Å². The highest BCUT2D eigenvalue weighted by Crippen LogP contribution is 2.35. The molecule has 0 fully saturated rings. The van der Waals surface area contributed by atoms with Crippen molar-refractivity contribution in [2.24, 2.45) is 5.73 Å². The van der Waals surface area contributed by atoms with E-state index in [4.69, 9.17) is 10.7 Å². The molecule has 7 heteroatoms. The summed E-state index contributed by atoms with van der Waals surface area (Å²) in [6.45, 7) is 7.19. The Labute approximate surface area is 165 Å². The highest BCUT2D eigenvalue weighted by Gasteiger charge is 2.40. The molecular weight excluding hydrogens is 352 g/mol. The molecule has 0 spiro atoms. The van der Waals surface area contributed by atoms with Crippen LogP contribution in [0.15, 0.2) is 42.9 Å². The number of benzene rings is 1. The first-order valence-corrected chi connectivity index (χ1v) is 9.85. The van der Waals surface area contributed by atoms with Crippen molar-refractivity contribution in [3.63, 3.8) is 0 Å². The molecule has 0 aliphatic carbocycles. The lowest BCUT2D eigenvalue weighted by Gasteiger charge is -2.12. The van der Waals surface area contributed by atoms with Gasteiger partial charge in [-0.1, -0.05) is 31.7 Å². The lowest BCUT2D eigenvalue weighted by atomic mass is 9.98. The van der Waals surface area contributed by atoms with E-state index in [0.29, 0.717) is 5.82 Å². The molecule has 2 unspecified atom stereocenters. The molecule has 0 saturated heterocycles. The number of aryl methyl sites for hydroxylation is 1. The van der Waals surface area contributed by atoms with Crippen LogP contribution in [-0.4, -0.2) is 30.0 Å². The van der Waals surface area contributed by atoms with Gasteiger partial charge in [-0.2, -0.15) is 4.57 Å². The van der Waals surface area contributed by atoms with Gasteiger partial charge in [0.1, 0.15) is 11.9 Å². The molecule has 2 aromatic rings. The van der Waals surface area contributed by atoms with Crippen LogP contribution >= 0.6 is 0 Å². The number of hydrogen-bond acceptors (Lipinski definition) is 6. The van der Waals surface area contributed by atoms with Gasteiger partial charge in [-0.25, -0.2) is 9.78 Å². The summed E-state index contributed by atoms with van der Waals surface area (Å²) in [6, 6.07) is 8.10. The van der Waals surface area contributed by atoms with Crippen molar-refractivity contribution in [2.45, 2.75) is 38.1 Å². The molecule has 3 heterocycles. The SMILES string of the molecule is C=C(N)NCCCc1nc(C2CNc3ccccc32)c[n+]2c1NC(CC)C2=O. The second kappa shape index (κ2) is 7.50. The number of anilines is 2. The largest absolute Gasteiger partial charge is 0.386 e. The molecule has 0 bridgehead atoms. The van der Waals surface area contributed by atoms with Gasteiger partial charge >= 0.3 is 11.7 Å². The minimum absolute atomic E-state index is 0.0927. The van der Waals surface area contributed by atoms with Gasteiger partial charge in [-0.3, -0.25) is 5.32 Å². The van der Waals surface area contributed by atoms with Crippen LogP contribution < -0.4 is 26.3 Å². The number of para-hydroxylation sites is 1. The second-order valence-electron chi connectivity index (χ2n) is 7.35. The number of carbonyl (C=O) groups is 1. The number of nitrogens with two attached hydrogens (primary N) is 1. The summed E-state index contributed by atoms with van der Waals surface area (Å²) in [7, 11) is 0. The van der Waals surface area contributed by atoms with E-state index in [9.17, 15) is 4.79 Å². The Bertz CT molecular complexity index is 925. The minimum atomic E-state index is -0.188. The molecule has 1 aromatic heterocycles. The molecule has 7 nitrogen and oxygen atoms in total. The fourth-order valence-corrected chi connectivity index (χ4v) is 3.97. The average molecular weight is 379 g/mol.